The van der Waals surface area contributed by atoms with E-state index in [1.807, 2.05) is 6.07 Å². The summed E-state index contributed by atoms with van der Waals surface area (Å²) in [6.07, 6.45) is 2.25. The zero-order chi connectivity index (χ0) is 28.9. The van der Waals surface area contributed by atoms with Crippen molar-refractivity contribution in [3.63, 3.8) is 0 Å². The van der Waals surface area contributed by atoms with Crippen LogP contribution in [-0.4, -0.2) is 11.7 Å². The second-order valence-electron chi connectivity index (χ2n) is 9.10. The van der Waals surface area contributed by atoms with Gasteiger partial charge in [0.2, 0.25) is 6.33 Å². The number of hydrogen-bond donors (Lipinski definition) is 0. The molecule has 0 saturated carbocycles. The van der Waals surface area contributed by atoms with Crippen LogP contribution in [0.1, 0.15) is 11.1 Å². The molecule has 0 unspecified atom stereocenters. The molecule has 0 radical (unpaired) electrons. The molecule has 5 aromatic rings. The number of halogens is 6. The van der Waals surface area contributed by atoms with Crippen molar-refractivity contribution in [2.45, 2.75) is 13.1 Å². The molecule has 4 aromatic carbocycles. The zero-order valence-electron chi connectivity index (χ0n) is 21.5. The first-order valence-corrected chi connectivity index (χ1v) is 14.3. The monoisotopic (exact) mass is 576 g/mol. The van der Waals surface area contributed by atoms with Crippen LogP contribution in [0.25, 0.3) is 22.5 Å². The van der Waals surface area contributed by atoms with Crippen LogP contribution in [-0.2, 0) is 13.1 Å². The van der Waals surface area contributed by atoms with E-state index >= 15 is 0 Å². The molecule has 0 atom stereocenters. The van der Waals surface area contributed by atoms with E-state index in [-0.39, 0.29) is 0 Å². The van der Waals surface area contributed by atoms with Crippen LogP contribution in [0, 0.1) is 0 Å². The van der Waals surface area contributed by atoms with E-state index in [9.17, 15) is 25.2 Å². The van der Waals surface area contributed by atoms with Gasteiger partial charge in [-0.2, -0.15) is 0 Å². The van der Waals surface area contributed by atoms with E-state index in [2.05, 4.69) is 125 Å². The third-order valence-corrected chi connectivity index (χ3v) is 5.85. The Hall–Kier alpha value is -4.10. The molecule has 210 valence electrons. The third kappa shape index (κ3) is 8.99. The first kappa shape index (κ1) is 28.9. The van der Waals surface area contributed by atoms with E-state index in [1.165, 1.54) is 33.6 Å². The summed E-state index contributed by atoms with van der Waals surface area (Å²) in [7, 11) is -8.94. The Morgan fingerprint density at radius 1 is 0.650 bits per heavy atom. The van der Waals surface area contributed by atoms with Gasteiger partial charge in [-0.25, -0.2) is 9.13 Å². The molecule has 0 N–H and O–H groups in total. The fourth-order valence-electron chi connectivity index (χ4n) is 4.34. The van der Waals surface area contributed by atoms with Crippen molar-refractivity contribution in [2.75, 3.05) is 7.11 Å². The molecule has 0 spiro atoms. The molecule has 0 aliphatic rings. The van der Waals surface area contributed by atoms with Gasteiger partial charge in [0.05, 0.1) is 7.11 Å². The summed E-state index contributed by atoms with van der Waals surface area (Å²) in [6.45, 7) is 1.55. The second-order valence-corrected chi connectivity index (χ2v) is 11.0. The molecule has 0 saturated heterocycles. The third-order valence-electron chi connectivity index (χ3n) is 5.85. The number of rotatable bonds is 7. The molecule has 10 heteroatoms. The van der Waals surface area contributed by atoms with Crippen molar-refractivity contribution in [1.29, 1.82) is 0 Å². The Morgan fingerprint density at radius 2 is 1.15 bits per heavy atom. The first-order chi connectivity index (χ1) is 18.8. The van der Waals surface area contributed by atoms with E-state index < -0.39 is 7.81 Å². The summed E-state index contributed by atoms with van der Waals surface area (Å²) in [5.74, 6) is 0.876. The maximum absolute atomic E-state index is 10.7. The summed E-state index contributed by atoms with van der Waals surface area (Å²) >= 11 is 0. The summed E-state index contributed by atoms with van der Waals surface area (Å²) in [5.41, 5.74) is 7.31. The molecule has 0 bridgehead atoms. The van der Waals surface area contributed by atoms with Crippen LogP contribution in [0.5, 0.6) is 5.75 Å². The molecule has 0 aliphatic heterocycles. The number of imidazole rings is 1. The van der Waals surface area contributed by atoms with Crippen LogP contribution >= 0.6 is 7.81 Å². The molecule has 3 nitrogen and oxygen atoms in total. The Morgan fingerprint density at radius 3 is 1.70 bits per heavy atom. The zero-order valence-corrected chi connectivity index (χ0v) is 22.4. The number of ether oxygens (including phenoxy) is 1. The molecule has 1 aromatic heterocycles. The van der Waals surface area contributed by atoms with Gasteiger partial charge in [0.25, 0.3) is 0 Å². The summed E-state index contributed by atoms with van der Waals surface area (Å²) in [4.78, 5) is 0. The Kier molecular flexibility index (Phi) is 7.81. The summed E-state index contributed by atoms with van der Waals surface area (Å²) in [6, 6.07) is 40.3. The molecule has 5 rings (SSSR count). The van der Waals surface area contributed by atoms with Crippen molar-refractivity contribution in [3.05, 3.63) is 133 Å². The molecular weight excluding hydrogens is 549 g/mol. The quantitative estimate of drug-likeness (QED) is 0.107. The Bertz CT molecular complexity index is 1550. The maximum atomic E-state index is 9.87. The van der Waals surface area contributed by atoms with Gasteiger partial charge in [0.1, 0.15) is 18.8 Å². The molecule has 0 amide bonds. The van der Waals surface area contributed by atoms with Crippen molar-refractivity contribution < 1.29 is 34.5 Å². The standard InChI is InChI=1S/C30H27N2O.F6P/c1-33-28-19-11-14-25(20-28)22-32-23-31(21-24-12-5-2-6-13-24)29(26-15-7-3-8-16-26)30(32)27-17-9-4-10-18-27;1-7(2,3,4,5)6/h2-20,23H,21-22H2,1H3;/q+1;-1. The van der Waals surface area contributed by atoms with Crippen LogP contribution in [0.15, 0.2) is 122 Å². The second kappa shape index (κ2) is 10.8. The fourth-order valence-corrected chi connectivity index (χ4v) is 4.34. The van der Waals surface area contributed by atoms with Gasteiger partial charge in [0, 0.05) is 11.1 Å². The van der Waals surface area contributed by atoms with Gasteiger partial charge in [-0.15, -0.1) is 0 Å². The topological polar surface area (TPSA) is 18.0 Å². The predicted molar refractivity (Wildman–Crippen MR) is 147 cm³/mol. The van der Waals surface area contributed by atoms with E-state index in [0.29, 0.717) is 0 Å². The normalized spacial score (nSPS) is 13.0. The SMILES string of the molecule is COc1cccc(C[n+]2cn(Cc3ccccc3)c(-c3ccccc3)c2-c2ccccc2)c1.F[P-](F)(F)(F)(F)F. The van der Waals surface area contributed by atoms with E-state index in [1.54, 1.807) is 7.11 Å². The van der Waals surface area contributed by atoms with Gasteiger partial charge in [-0.05, 0) is 23.3 Å². The van der Waals surface area contributed by atoms with Crippen molar-refractivity contribution >= 4 is 7.81 Å². The molecular formula is C30H27F6N2OP. The van der Waals surface area contributed by atoms with E-state index in [0.717, 1.165) is 18.8 Å². The number of hydrogen-bond acceptors (Lipinski definition) is 1. The van der Waals surface area contributed by atoms with Crippen molar-refractivity contribution in [2.24, 2.45) is 0 Å². The number of methoxy groups -OCH3 is 1. The molecule has 0 aliphatic carbocycles. The Balaban J connectivity index is 0.000000470. The van der Waals surface area contributed by atoms with E-state index in [4.69, 9.17) is 4.74 Å². The minimum atomic E-state index is -10.7. The van der Waals surface area contributed by atoms with Gasteiger partial charge in [-0.1, -0.05) is 103 Å². The Labute approximate surface area is 228 Å². The fraction of sp³-hybridized carbons (Fsp3) is 0.100. The van der Waals surface area contributed by atoms with Gasteiger partial charge >= 0.3 is 33.0 Å². The van der Waals surface area contributed by atoms with Gasteiger partial charge in [0.15, 0.2) is 11.4 Å². The van der Waals surface area contributed by atoms with Crippen LogP contribution in [0.3, 0.4) is 0 Å². The molecule has 1 heterocycles. The van der Waals surface area contributed by atoms with Crippen LogP contribution in [0.2, 0.25) is 0 Å². The predicted octanol–water partition coefficient (Wildman–Crippen LogP) is 9.60. The molecule has 40 heavy (non-hydrogen) atoms. The van der Waals surface area contributed by atoms with Gasteiger partial charge < -0.3 is 4.74 Å². The summed E-state index contributed by atoms with van der Waals surface area (Å²) < 4.78 is 69.4. The number of benzene rings is 4. The van der Waals surface area contributed by atoms with Crippen LogP contribution < -0.4 is 9.30 Å². The van der Waals surface area contributed by atoms with Crippen LogP contribution in [0.4, 0.5) is 25.2 Å². The minimum absolute atomic E-state index is 0.753. The molecule has 0 fully saturated rings. The first-order valence-electron chi connectivity index (χ1n) is 12.2. The number of nitrogens with zero attached hydrogens (tertiary/aromatic N) is 2. The average molecular weight is 577 g/mol. The van der Waals surface area contributed by atoms with Crippen molar-refractivity contribution in [3.8, 4) is 28.3 Å². The number of aromatic nitrogens is 2. The van der Waals surface area contributed by atoms with Crippen molar-refractivity contribution in [1.82, 2.24) is 4.57 Å². The van der Waals surface area contributed by atoms with Gasteiger partial charge in [-0.3, -0.25) is 0 Å². The average Bonchev–Trinajstić information content (AvgIpc) is 3.25. The summed E-state index contributed by atoms with van der Waals surface area (Å²) in [5, 5.41) is 0.